The van der Waals surface area contributed by atoms with Gasteiger partial charge in [0.25, 0.3) is 0 Å². The average Bonchev–Trinajstić information content (AvgIpc) is 3.36. The number of rotatable bonds is 7. The van der Waals surface area contributed by atoms with Crippen molar-refractivity contribution in [3.05, 3.63) is 52.5 Å². The van der Waals surface area contributed by atoms with Crippen LogP contribution in [0.5, 0.6) is 11.5 Å². The quantitative estimate of drug-likeness (QED) is 0.551. The molecule has 3 aliphatic rings. The summed E-state index contributed by atoms with van der Waals surface area (Å²) in [7, 11) is 0. The lowest BCUT2D eigenvalue weighted by atomic mass is 10.1. The van der Waals surface area contributed by atoms with Gasteiger partial charge in [0.2, 0.25) is 24.5 Å². The van der Waals surface area contributed by atoms with Crippen molar-refractivity contribution in [2.75, 3.05) is 57.9 Å². The molecule has 2 N–H and O–H groups in total. The predicted octanol–water partition coefficient (Wildman–Crippen LogP) is 1.85. The fourth-order valence-corrected chi connectivity index (χ4v) is 5.14. The van der Waals surface area contributed by atoms with Crippen LogP contribution in [0.4, 0.5) is 5.69 Å². The van der Waals surface area contributed by atoms with Crippen molar-refractivity contribution < 1.29 is 23.9 Å². The molecule has 0 aromatic heterocycles. The molecule has 1 atom stereocenters. The highest BCUT2D eigenvalue weighted by atomic mass is 35.5. The first kappa shape index (κ1) is 26.3. The number of piperazine rings is 2. The summed E-state index contributed by atoms with van der Waals surface area (Å²) in [5, 5.41) is 6.11. The van der Waals surface area contributed by atoms with Crippen LogP contribution >= 0.6 is 11.6 Å². The highest BCUT2D eigenvalue weighted by molar-refractivity contribution is 6.31. The lowest BCUT2D eigenvalue weighted by Crippen LogP contribution is -2.60. The normalized spacial score (nSPS) is 19.8. The molecule has 202 valence electrons. The van der Waals surface area contributed by atoms with Gasteiger partial charge < -0.3 is 25.0 Å². The molecule has 3 amide bonds. The first-order valence-corrected chi connectivity index (χ1v) is 13.2. The molecule has 0 radical (unpaired) electrons. The maximum Gasteiger partial charge on any atom is 0.243 e. The standard InChI is InChI=1S/C27H32ClN5O5/c1-18-2-4-20(13-21(18)28)30-25(34)14-22-27(36)29-6-7-33(22)26(35)16-32-10-8-31(9-11-32)15-19-3-5-23-24(12-19)38-17-37-23/h2-5,12-13,22H,6-11,14-17H2,1H3,(H,29,36)(H,30,34)/t22-/m1/s1. The number of carbonyl (C=O) groups excluding carboxylic acids is 3. The van der Waals surface area contributed by atoms with Gasteiger partial charge in [0.1, 0.15) is 6.04 Å². The molecule has 2 fully saturated rings. The summed E-state index contributed by atoms with van der Waals surface area (Å²) in [6, 6.07) is 10.4. The second kappa shape index (κ2) is 11.6. The molecule has 11 heteroatoms. The number of nitrogens with zero attached hydrogens (tertiary/aromatic N) is 3. The first-order valence-electron chi connectivity index (χ1n) is 12.8. The number of halogens is 1. The van der Waals surface area contributed by atoms with Crippen LogP contribution in [0.25, 0.3) is 0 Å². The molecular formula is C27H32ClN5O5. The number of hydrogen-bond donors (Lipinski definition) is 2. The fourth-order valence-electron chi connectivity index (χ4n) is 4.96. The van der Waals surface area contributed by atoms with E-state index < -0.39 is 6.04 Å². The molecule has 38 heavy (non-hydrogen) atoms. The van der Waals surface area contributed by atoms with E-state index in [0.717, 1.165) is 55.3 Å². The summed E-state index contributed by atoms with van der Waals surface area (Å²) >= 11 is 6.15. The van der Waals surface area contributed by atoms with E-state index >= 15 is 0 Å². The van der Waals surface area contributed by atoms with Crippen LogP contribution in [-0.4, -0.2) is 91.1 Å². The molecule has 5 rings (SSSR count). The average molecular weight is 542 g/mol. The molecule has 3 aliphatic heterocycles. The Hall–Kier alpha value is -3.34. The minimum absolute atomic E-state index is 0.119. The minimum Gasteiger partial charge on any atom is -0.454 e. The molecule has 0 bridgehead atoms. The van der Waals surface area contributed by atoms with E-state index in [-0.39, 0.29) is 37.5 Å². The molecule has 0 spiro atoms. The summed E-state index contributed by atoms with van der Waals surface area (Å²) in [6.07, 6.45) is -0.119. The molecule has 0 saturated carbocycles. The second-order valence-corrected chi connectivity index (χ2v) is 10.3. The number of fused-ring (bicyclic) bond motifs is 1. The van der Waals surface area contributed by atoms with E-state index in [1.165, 1.54) is 0 Å². The zero-order valence-corrected chi connectivity index (χ0v) is 22.1. The van der Waals surface area contributed by atoms with Gasteiger partial charge in [0, 0.05) is 56.5 Å². The highest BCUT2D eigenvalue weighted by Crippen LogP contribution is 2.33. The van der Waals surface area contributed by atoms with Crippen LogP contribution < -0.4 is 20.1 Å². The Bertz CT molecular complexity index is 1220. The van der Waals surface area contributed by atoms with Gasteiger partial charge in [0.15, 0.2) is 11.5 Å². The van der Waals surface area contributed by atoms with Gasteiger partial charge in [-0.3, -0.25) is 24.2 Å². The monoisotopic (exact) mass is 541 g/mol. The molecular weight excluding hydrogens is 510 g/mol. The zero-order chi connectivity index (χ0) is 26.6. The number of benzene rings is 2. The van der Waals surface area contributed by atoms with Crippen molar-refractivity contribution in [2.24, 2.45) is 0 Å². The molecule has 0 aliphatic carbocycles. The van der Waals surface area contributed by atoms with Crippen LogP contribution in [0.3, 0.4) is 0 Å². The summed E-state index contributed by atoms with van der Waals surface area (Å²) in [4.78, 5) is 44.6. The maximum absolute atomic E-state index is 13.2. The third-order valence-electron chi connectivity index (χ3n) is 7.15. The topological polar surface area (TPSA) is 103 Å². The van der Waals surface area contributed by atoms with E-state index in [9.17, 15) is 14.4 Å². The van der Waals surface area contributed by atoms with Crippen molar-refractivity contribution in [3.63, 3.8) is 0 Å². The Morgan fingerprint density at radius 1 is 1.03 bits per heavy atom. The zero-order valence-electron chi connectivity index (χ0n) is 21.4. The molecule has 2 saturated heterocycles. The van der Waals surface area contributed by atoms with Gasteiger partial charge in [-0.15, -0.1) is 0 Å². The van der Waals surface area contributed by atoms with E-state index in [1.54, 1.807) is 17.0 Å². The predicted molar refractivity (Wildman–Crippen MR) is 142 cm³/mol. The molecule has 3 heterocycles. The largest absolute Gasteiger partial charge is 0.454 e. The first-order chi connectivity index (χ1) is 18.4. The summed E-state index contributed by atoms with van der Waals surface area (Å²) in [6.45, 7) is 7.06. The number of nitrogens with one attached hydrogen (secondary N) is 2. The van der Waals surface area contributed by atoms with Crippen molar-refractivity contribution in [1.29, 1.82) is 0 Å². The number of amides is 3. The van der Waals surface area contributed by atoms with Crippen molar-refractivity contribution >= 4 is 35.0 Å². The Labute approximate surface area is 226 Å². The summed E-state index contributed by atoms with van der Waals surface area (Å²) in [5.41, 5.74) is 2.62. The number of carbonyl (C=O) groups is 3. The lowest BCUT2D eigenvalue weighted by molar-refractivity contribution is -0.145. The van der Waals surface area contributed by atoms with Crippen LogP contribution in [0.2, 0.25) is 5.02 Å². The van der Waals surface area contributed by atoms with Crippen LogP contribution in [0.15, 0.2) is 36.4 Å². The van der Waals surface area contributed by atoms with Crippen LogP contribution in [0.1, 0.15) is 17.5 Å². The summed E-state index contributed by atoms with van der Waals surface area (Å²) < 4.78 is 10.9. The Morgan fingerprint density at radius 3 is 2.58 bits per heavy atom. The van der Waals surface area contributed by atoms with Gasteiger partial charge in [-0.05, 0) is 42.3 Å². The van der Waals surface area contributed by atoms with Crippen molar-refractivity contribution in [3.8, 4) is 11.5 Å². The molecule has 2 aromatic rings. The third kappa shape index (κ3) is 6.20. The van der Waals surface area contributed by atoms with Gasteiger partial charge in [-0.1, -0.05) is 23.7 Å². The third-order valence-corrected chi connectivity index (χ3v) is 7.56. The number of hydrogen-bond acceptors (Lipinski definition) is 7. The lowest BCUT2D eigenvalue weighted by Gasteiger charge is -2.38. The van der Waals surface area contributed by atoms with Gasteiger partial charge >= 0.3 is 0 Å². The SMILES string of the molecule is Cc1ccc(NC(=O)C[C@@H]2C(=O)NCCN2C(=O)CN2CCN(Cc3ccc4c(c3)OCO4)CC2)cc1Cl. The van der Waals surface area contributed by atoms with E-state index in [4.69, 9.17) is 21.1 Å². The van der Waals surface area contributed by atoms with Gasteiger partial charge in [-0.25, -0.2) is 0 Å². The molecule has 0 unspecified atom stereocenters. The van der Waals surface area contributed by atoms with Gasteiger partial charge in [0.05, 0.1) is 13.0 Å². The van der Waals surface area contributed by atoms with E-state index in [0.29, 0.717) is 23.8 Å². The maximum atomic E-state index is 13.2. The number of aryl methyl sites for hydroxylation is 1. The van der Waals surface area contributed by atoms with Crippen LogP contribution in [-0.2, 0) is 20.9 Å². The summed E-state index contributed by atoms with van der Waals surface area (Å²) in [5.74, 6) is 0.763. The Morgan fingerprint density at radius 2 is 1.79 bits per heavy atom. The van der Waals surface area contributed by atoms with Crippen LogP contribution in [0, 0.1) is 6.92 Å². The van der Waals surface area contributed by atoms with Crippen molar-refractivity contribution in [2.45, 2.75) is 25.9 Å². The van der Waals surface area contributed by atoms with E-state index in [2.05, 4.69) is 26.5 Å². The van der Waals surface area contributed by atoms with Crippen molar-refractivity contribution in [1.82, 2.24) is 20.0 Å². The fraction of sp³-hybridized carbons (Fsp3) is 0.444. The molecule has 2 aromatic carbocycles. The Balaban J connectivity index is 1.12. The Kier molecular flexibility index (Phi) is 8.01. The number of anilines is 1. The number of ether oxygens (including phenoxy) is 2. The second-order valence-electron chi connectivity index (χ2n) is 9.85. The molecule has 10 nitrogen and oxygen atoms in total. The smallest absolute Gasteiger partial charge is 0.243 e. The van der Waals surface area contributed by atoms with E-state index in [1.807, 2.05) is 25.1 Å². The van der Waals surface area contributed by atoms with Gasteiger partial charge in [-0.2, -0.15) is 0 Å². The minimum atomic E-state index is -0.843. The highest BCUT2D eigenvalue weighted by Gasteiger charge is 2.35.